The molecule has 0 bridgehead atoms. The fourth-order valence-electron chi connectivity index (χ4n) is 3.76. The number of alkyl carbamates (subject to hydrolysis) is 1. The predicted octanol–water partition coefficient (Wildman–Crippen LogP) is 1.93. The molecule has 198 valence electrons. The van der Waals surface area contributed by atoms with Crippen LogP contribution in [0.1, 0.15) is 67.2 Å². The highest BCUT2D eigenvalue weighted by Crippen LogP contribution is 2.26. The zero-order chi connectivity index (χ0) is 26.8. The number of nitrogens with zero attached hydrogens (tertiary/aromatic N) is 1. The van der Waals surface area contributed by atoms with E-state index in [1.165, 1.54) is 11.0 Å². The minimum atomic E-state index is -0.989. The minimum Gasteiger partial charge on any atom is -0.449 e. The van der Waals surface area contributed by atoms with Crippen LogP contribution in [0.5, 0.6) is 0 Å². The summed E-state index contributed by atoms with van der Waals surface area (Å²) < 4.78 is 5.19. The Morgan fingerprint density at radius 2 is 1.80 bits per heavy atom. The molecule has 0 aliphatic carbocycles. The van der Waals surface area contributed by atoms with Crippen LogP contribution in [0.15, 0.2) is 12.7 Å². The fraction of sp³-hybridized carbons (Fsp3) is 0.720. The number of ketones is 1. The number of likely N-dealkylation sites (tertiary alicyclic amines) is 1. The maximum Gasteiger partial charge on any atom is 0.407 e. The molecule has 3 atom stereocenters. The van der Waals surface area contributed by atoms with Gasteiger partial charge in [0.2, 0.25) is 17.6 Å². The number of carbonyl (C=O) groups is 5. The Labute approximate surface area is 208 Å². The number of ether oxygens (including phenoxy) is 1. The number of carbonyl (C=O) groups excluding carboxylic acids is 5. The summed E-state index contributed by atoms with van der Waals surface area (Å²) >= 11 is 0. The Hall–Kier alpha value is -2.91. The molecule has 10 heteroatoms. The van der Waals surface area contributed by atoms with Crippen molar-refractivity contribution in [3.63, 3.8) is 0 Å². The van der Waals surface area contributed by atoms with Gasteiger partial charge < -0.3 is 25.6 Å². The monoisotopic (exact) mass is 494 g/mol. The molecule has 4 amide bonds. The van der Waals surface area contributed by atoms with Crippen molar-refractivity contribution in [3.05, 3.63) is 12.7 Å². The van der Waals surface area contributed by atoms with Crippen LogP contribution in [-0.4, -0.2) is 72.3 Å². The maximum atomic E-state index is 13.5. The zero-order valence-corrected chi connectivity index (χ0v) is 21.9. The molecule has 1 unspecified atom stereocenters. The first kappa shape index (κ1) is 30.1. The van der Waals surface area contributed by atoms with Crippen LogP contribution in [0.25, 0.3) is 0 Å². The summed E-state index contributed by atoms with van der Waals surface area (Å²) in [4.78, 5) is 65.1. The first-order valence-corrected chi connectivity index (χ1v) is 12.3. The highest BCUT2D eigenvalue weighted by molar-refractivity contribution is 6.38. The van der Waals surface area contributed by atoms with Gasteiger partial charge in [-0.3, -0.25) is 19.2 Å². The number of nitrogens with one attached hydrogen (secondary N) is 3. The molecule has 0 spiro atoms. The maximum absolute atomic E-state index is 13.5. The highest BCUT2D eigenvalue weighted by Gasteiger charge is 2.42. The molecular formula is C25H42N4O6. The van der Waals surface area contributed by atoms with E-state index >= 15 is 0 Å². The van der Waals surface area contributed by atoms with Gasteiger partial charge in [-0.25, -0.2) is 4.79 Å². The van der Waals surface area contributed by atoms with Crippen LogP contribution < -0.4 is 16.0 Å². The van der Waals surface area contributed by atoms with Crippen molar-refractivity contribution in [1.82, 2.24) is 20.9 Å². The molecular weight excluding hydrogens is 452 g/mol. The third-order valence-electron chi connectivity index (χ3n) is 5.60. The Morgan fingerprint density at radius 3 is 2.34 bits per heavy atom. The number of hydrogen-bond acceptors (Lipinski definition) is 6. The molecule has 0 aromatic heterocycles. The van der Waals surface area contributed by atoms with Crippen molar-refractivity contribution in [2.75, 3.05) is 19.7 Å². The van der Waals surface area contributed by atoms with E-state index in [9.17, 15) is 24.0 Å². The van der Waals surface area contributed by atoms with E-state index < -0.39 is 53.1 Å². The van der Waals surface area contributed by atoms with Gasteiger partial charge in [0.25, 0.3) is 5.91 Å². The van der Waals surface area contributed by atoms with Gasteiger partial charge in [0.15, 0.2) is 0 Å². The van der Waals surface area contributed by atoms with Crippen molar-refractivity contribution in [1.29, 1.82) is 0 Å². The van der Waals surface area contributed by atoms with Gasteiger partial charge >= 0.3 is 6.09 Å². The molecule has 0 radical (unpaired) electrons. The Balaban J connectivity index is 2.98. The summed E-state index contributed by atoms with van der Waals surface area (Å²) in [7, 11) is 0. The molecule has 1 aliphatic heterocycles. The van der Waals surface area contributed by atoms with Crippen LogP contribution in [-0.2, 0) is 23.9 Å². The van der Waals surface area contributed by atoms with Crippen molar-refractivity contribution in [3.8, 4) is 0 Å². The van der Waals surface area contributed by atoms with Crippen molar-refractivity contribution >= 4 is 29.6 Å². The largest absolute Gasteiger partial charge is 0.449 e. The quantitative estimate of drug-likeness (QED) is 0.280. The van der Waals surface area contributed by atoms with E-state index in [2.05, 4.69) is 22.5 Å². The fourth-order valence-corrected chi connectivity index (χ4v) is 3.76. The molecule has 1 saturated heterocycles. The van der Waals surface area contributed by atoms with E-state index in [-0.39, 0.29) is 19.1 Å². The second-order valence-electron chi connectivity index (χ2n) is 10.3. The standard InChI is InChI=1S/C25H42N4O6/c1-8-11-17(19(30)22(32)26-13-9-2)27-21(31)18-12-10-14-29(18)23(33)20(25(5,6)7)28-24(34)35-15-16(3)4/h9,16-18,20H,2,8,10-15H2,1,3-7H3,(H,26,32)(H,27,31)(H,28,34)/t17?,18-,20+/m0/s1. The van der Waals surface area contributed by atoms with E-state index in [4.69, 9.17) is 4.74 Å². The van der Waals surface area contributed by atoms with Crippen LogP contribution in [0.2, 0.25) is 0 Å². The van der Waals surface area contributed by atoms with E-state index in [0.717, 1.165) is 0 Å². The normalized spacial score (nSPS) is 17.3. The van der Waals surface area contributed by atoms with Gasteiger partial charge in [0.1, 0.15) is 12.1 Å². The smallest absolute Gasteiger partial charge is 0.407 e. The van der Waals surface area contributed by atoms with Crippen LogP contribution in [0.4, 0.5) is 4.79 Å². The highest BCUT2D eigenvalue weighted by atomic mass is 16.5. The first-order valence-electron chi connectivity index (χ1n) is 12.3. The average Bonchev–Trinajstić information content (AvgIpc) is 3.27. The summed E-state index contributed by atoms with van der Waals surface area (Å²) in [5, 5.41) is 7.77. The third-order valence-corrected chi connectivity index (χ3v) is 5.60. The molecule has 1 rings (SSSR count). The van der Waals surface area contributed by atoms with Crippen molar-refractivity contribution in [2.24, 2.45) is 11.3 Å². The molecule has 1 aliphatic rings. The Morgan fingerprint density at radius 1 is 1.14 bits per heavy atom. The van der Waals surface area contributed by atoms with Gasteiger partial charge in [-0.05, 0) is 30.6 Å². The number of rotatable bonds is 12. The number of amides is 4. The third kappa shape index (κ3) is 9.33. The summed E-state index contributed by atoms with van der Waals surface area (Å²) in [6, 6.07) is -2.70. The molecule has 1 heterocycles. The van der Waals surface area contributed by atoms with Gasteiger partial charge in [-0.15, -0.1) is 6.58 Å². The van der Waals surface area contributed by atoms with Crippen LogP contribution in [0, 0.1) is 11.3 Å². The minimum absolute atomic E-state index is 0.142. The lowest BCUT2D eigenvalue weighted by molar-refractivity contribution is -0.143. The molecule has 0 saturated carbocycles. The van der Waals surface area contributed by atoms with Gasteiger partial charge in [0, 0.05) is 13.1 Å². The van der Waals surface area contributed by atoms with Crippen LogP contribution >= 0.6 is 0 Å². The number of hydrogen-bond donors (Lipinski definition) is 3. The van der Waals surface area contributed by atoms with Gasteiger partial charge in [-0.1, -0.05) is 54.0 Å². The molecule has 10 nitrogen and oxygen atoms in total. The lowest BCUT2D eigenvalue weighted by Gasteiger charge is -2.35. The average molecular weight is 495 g/mol. The second-order valence-corrected chi connectivity index (χ2v) is 10.3. The second kappa shape index (κ2) is 13.8. The summed E-state index contributed by atoms with van der Waals surface area (Å²) in [6.45, 7) is 15.3. The predicted molar refractivity (Wildman–Crippen MR) is 132 cm³/mol. The van der Waals surface area contributed by atoms with E-state index in [1.807, 2.05) is 41.5 Å². The lowest BCUT2D eigenvalue weighted by Crippen LogP contribution is -2.59. The van der Waals surface area contributed by atoms with Crippen molar-refractivity contribution in [2.45, 2.75) is 85.4 Å². The summed E-state index contributed by atoms with van der Waals surface area (Å²) in [5.74, 6) is -2.26. The van der Waals surface area contributed by atoms with Crippen LogP contribution in [0.3, 0.4) is 0 Å². The molecule has 0 aromatic carbocycles. The first-order chi connectivity index (χ1) is 16.3. The molecule has 35 heavy (non-hydrogen) atoms. The van der Waals surface area contributed by atoms with E-state index in [1.54, 1.807) is 0 Å². The Bertz CT molecular complexity index is 789. The summed E-state index contributed by atoms with van der Waals surface area (Å²) in [6.07, 6.45) is 2.66. The Kier molecular flexibility index (Phi) is 11.9. The van der Waals surface area contributed by atoms with Gasteiger partial charge in [-0.2, -0.15) is 0 Å². The van der Waals surface area contributed by atoms with E-state index in [0.29, 0.717) is 32.2 Å². The lowest BCUT2D eigenvalue weighted by atomic mass is 9.85. The summed E-state index contributed by atoms with van der Waals surface area (Å²) in [5.41, 5.74) is -0.637. The zero-order valence-electron chi connectivity index (χ0n) is 21.9. The number of Topliss-reactive ketones (excluding diaryl/α,β-unsaturated/α-hetero) is 1. The molecule has 1 fully saturated rings. The molecule has 3 N–H and O–H groups in total. The van der Waals surface area contributed by atoms with Gasteiger partial charge in [0.05, 0.1) is 12.6 Å². The topological polar surface area (TPSA) is 134 Å². The molecule has 0 aromatic rings. The van der Waals surface area contributed by atoms with Crippen molar-refractivity contribution < 1.29 is 28.7 Å². The SMILES string of the molecule is C=CCNC(=O)C(=O)C(CCC)NC(=O)[C@@H]1CCCN1C(=O)[C@@H](NC(=O)OCC(C)C)C(C)(C)C.